The lowest BCUT2D eigenvalue weighted by atomic mass is 9.81. The van der Waals surface area contributed by atoms with Crippen LogP contribution < -0.4 is 0 Å². The van der Waals surface area contributed by atoms with Crippen molar-refractivity contribution >= 4 is 5.78 Å². The van der Waals surface area contributed by atoms with E-state index in [0.29, 0.717) is 11.8 Å². The van der Waals surface area contributed by atoms with E-state index in [1.165, 1.54) is 24.3 Å². The molecule has 1 aliphatic heterocycles. The van der Waals surface area contributed by atoms with Crippen LogP contribution in [0.25, 0.3) is 0 Å². The molecule has 3 nitrogen and oxygen atoms in total. The molecular weight excluding hydrogens is 362 g/mol. The first-order chi connectivity index (χ1) is 13.3. The lowest BCUT2D eigenvalue weighted by molar-refractivity contribution is 0.0174. The average Bonchev–Trinajstić information content (AvgIpc) is 2.64. The van der Waals surface area contributed by atoms with E-state index in [-0.39, 0.29) is 28.2 Å². The number of hydrogen-bond donors (Lipinski definition) is 1. The smallest absolute Gasteiger partial charge is 0.270 e. The van der Waals surface area contributed by atoms with Gasteiger partial charge < -0.3 is 9.84 Å². The van der Waals surface area contributed by atoms with Gasteiger partial charge in [0.05, 0.1) is 5.56 Å². The van der Waals surface area contributed by atoms with Gasteiger partial charge in [0.25, 0.3) is 5.92 Å². The van der Waals surface area contributed by atoms with Crippen molar-refractivity contribution in [3.05, 3.63) is 64.7 Å². The van der Waals surface area contributed by atoms with Crippen LogP contribution in [0.1, 0.15) is 66.1 Å². The summed E-state index contributed by atoms with van der Waals surface area (Å²) in [6, 6.07) is 10.4. The van der Waals surface area contributed by atoms with E-state index in [1.54, 1.807) is 12.1 Å². The zero-order valence-electron chi connectivity index (χ0n) is 16.3. The summed E-state index contributed by atoms with van der Waals surface area (Å²) < 4.78 is 32.2. The summed E-state index contributed by atoms with van der Waals surface area (Å²) in [5, 5.41) is 10.5. The van der Waals surface area contributed by atoms with Crippen LogP contribution in [0, 0.1) is 5.92 Å². The first-order valence-electron chi connectivity index (χ1n) is 9.71. The highest BCUT2D eigenvalue weighted by Gasteiger charge is 2.25. The van der Waals surface area contributed by atoms with Crippen LogP contribution in [0.15, 0.2) is 42.5 Å². The Morgan fingerprint density at radius 2 is 1.82 bits per heavy atom. The van der Waals surface area contributed by atoms with E-state index in [2.05, 4.69) is 6.92 Å². The van der Waals surface area contributed by atoms with Gasteiger partial charge in [0.15, 0.2) is 5.78 Å². The Hall–Kier alpha value is -2.27. The molecule has 1 saturated heterocycles. The van der Waals surface area contributed by atoms with Crippen molar-refractivity contribution in [2.75, 3.05) is 13.2 Å². The number of alkyl halides is 2. The maximum absolute atomic E-state index is 13.3. The first kappa shape index (κ1) is 20.5. The van der Waals surface area contributed by atoms with Gasteiger partial charge in [-0.3, -0.25) is 4.79 Å². The van der Waals surface area contributed by atoms with Gasteiger partial charge >= 0.3 is 0 Å². The van der Waals surface area contributed by atoms with E-state index in [4.69, 9.17) is 4.74 Å². The minimum atomic E-state index is -2.95. The summed E-state index contributed by atoms with van der Waals surface area (Å²) in [5.41, 5.74) is 1.32. The Morgan fingerprint density at radius 1 is 1.11 bits per heavy atom. The van der Waals surface area contributed by atoms with E-state index < -0.39 is 5.92 Å². The lowest BCUT2D eigenvalue weighted by Gasteiger charge is -2.27. The van der Waals surface area contributed by atoms with Crippen molar-refractivity contribution in [3.8, 4) is 5.75 Å². The maximum Gasteiger partial charge on any atom is 0.270 e. The predicted molar refractivity (Wildman–Crippen MR) is 104 cm³/mol. The summed E-state index contributed by atoms with van der Waals surface area (Å²) in [5.74, 6) is -2.67. The normalized spacial score (nSPS) is 21.0. The molecule has 2 aromatic carbocycles. The van der Waals surface area contributed by atoms with E-state index in [9.17, 15) is 18.7 Å². The second-order valence-corrected chi connectivity index (χ2v) is 7.70. The average molecular weight is 388 g/mol. The fourth-order valence-electron chi connectivity index (χ4n) is 3.80. The second-order valence-electron chi connectivity index (χ2n) is 7.70. The number of halogens is 2. The van der Waals surface area contributed by atoms with E-state index in [1.807, 2.05) is 6.07 Å². The number of phenols is 1. The third-order valence-corrected chi connectivity index (χ3v) is 5.56. The molecule has 1 unspecified atom stereocenters. The number of ketones is 1. The van der Waals surface area contributed by atoms with Crippen LogP contribution in [-0.4, -0.2) is 24.1 Å². The molecule has 2 atom stereocenters. The SMILES string of the molecule is C[C@@H]1CCOCCCC1c1ccc(C(=O)c2ccc(C(C)(F)F)cc2)c(O)c1. The number of ether oxygens (including phenoxy) is 1. The highest BCUT2D eigenvalue weighted by Crippen LogP contribution is 2.36. The van der Waals surface area contributed by atoms with Crippen LogP contribution in [-0.2, 0) is 10.7 Å². The largest absolute Gasteiger partial charge is 0.507 e. The number of hydrogen-bond acceptors (Lipinski definition) is 3. The maximum atomic E-state index is 13.3. The minimum absolute atomic E-state index is 0.0714. The summed E-state index contributed by atoms with van der Waals surface area (Å²) >= 11 is 0. The van der Waals surface area contributed by atoms with Crippen molar-refractivity contribution in [1.82, 2.24) is 0 Å². The molecule has 5 heteroatoms. The quantitative estimate of drug-likeness (QED) is 0.688. The number of carbonyl (C=O) groups excluding carboxylic acids is 1. The van der Waals surface area contributed by atoms with Crippen LogP contribution in [0.5, 0.6) is 5.75 Å². The summed E-state index contributed by atoms with van der Waals surface area (Å²) in [7, 11) is 0. The van der Waals surface area contributed by atoms with Crippen molar-refractivity contribution in [3.63, 3.8) is 0 Å². The Balaban J connectivity index is 1.82. The van der Waals surface area contributed by atoms with Crippen molar-refractivity contribution in [2.45, 2.75) is 45.0 Å². The summed E-state index contributed by atoms with van der Waals surface area (Å²) in [4.78, 5) is 12.7. The topological polar surface area (TPSA) is 46.5 Å². The molecule has 0 aromatic heterocycles. The molecule has 3 rings (SSSR count). The number of phenolic OH excluding ortho intramolecular Hbond substituents is 1. The molecule has 0 radical (unpaired) electrons. The zero-order valence-corrected chi connectivity index (χ0v) is 16.3. The fourth-order valence-corrected chi connectivity index (χ4v) is 3.80. The van der Waals surface area contributed by atoms with Crippen LogP contribution >= 0.6 is 0 Å². The third kappa shape index (κ3) is 4.58. The lowest BCUT2D eigenvalue weighted by Crippen LogP contribution is -2.17. The minimum Gasteiger partial charge on any atom is -0.507 e. The van der Waals surface area contributed by atoms with Gasteiger partial charge in [-0.1, -0.05) is 37.3 Å². The van der Waals surface area contributed by atoms with Gasteiger partial charge in [0, 0.05) is 31.3 Å². The predicted octanol–water partition coefficient (Wildman–Crippen LogP) is 5.66. The molecule has 1 aliphatic rings. The molecule has 28 heavy (non-hydrogen) atoms. The molecule has 0 aliphatic carbocycles. The molecule has 150 valence electrons. The molecule has 0 saturated carbocycles. The van der Waals surface area contributed by atoms with E-state index >= 15 is 0 Å². The van der Waals surface area contributed by atoms with Crippen LogP contribution in [0.4, 0.5) is 8.78 Å². The Labute approximate surface area is 164 Å². The van der Waals surface area contributed by atoms with Gasteiger partial charge in [-0.25, -0.2) is 8.78 Å². The number of benzene rings is 2. The van der Waals surface area contributed by atoms with Gasteiger partial charge in [-0.2, -0.15) is 0 Å². The van der Waals surface area contributed by atoms with Crippen LogP contribution in [0.3, 0.4) is 0 Å². The molecule has 2 aromatic rings. The second kappa shape index (κ2) is 8.39. The van der Waals surface area contributed by atoms with Crippen molar-refractivity contribution in [1.29, 1.82) is 0 Å². The highest BCUT2D eigenvalue weighted by atomic mass is 19.3. The van der Waals surface area contributed by atoms with Crippen molar-refractivity contribution in [2.24, 2.45) is 5.92 Å². The molecule has 0 bridgehead atoms. The monoisotopic (exact) mass is 388 g/mol. The van der Waals surface area contributed by atoms with Gasteiger partial charge in [0.2, 0.25) is 0 Å². The number of carbonyl (C=O) groups is 1. The zero-order chi connectivity index (χ0) is 20.3. The van der Waals surface area contributed by atoms with E-state index in [0.717, 1.165) is 45.0 Å². The summed E-state index contributed by atoms with van der Waals surface area (Å²) in [6.45, 7) is 4.49. The van der Waals surface area contributed by atoms with Gasteiger partial charge in [0.1, 0.15) is 5.75 Å². The standard InChI is InChI=1S/C23H26F2O3/c1-15-11-13-28-12-3-4-19(15)17-7-10-20(21(26)14-17)22(27)16-5-8-18(9-6-16)23(2,24)25/h5-10,14-15,19,26H,3-4,11-13H2,1-2H3/t15-,19?/m1/s1. The number of rotatable bonds is 4. The number of aromatic hydroxyl groups is 1. The first-order valence-corrected chi connectivity index (χ1v) is 9.71. The Morgan fingerprint density at radius 3 is 2.46 bits per heavy atom. The van der Waals surface area contributed by atoms with Crippen LogP contribution in [0.2, 0.25) is 0 Å². The highest BCUT2D eigenvalue weighted by molar-refractivity contribution is 6.10. The van der Waals surface area contributed by atoms with Gasteiger partial charge in [-0.05, 0) is 48.8 Å². The molecule has 1 heterocycles. The molecular formula is C23H26F2O3. The Bertz CT molecular complexity index is 825. The fraction of sp³-hybridized carbons (Fsp3) is 0.435. The molecule has 0 amide bonds. The summed E-state index contributed by atoms with van der Waals surface area (Å²) in [6.07, 6.45) is 2.89. The molecule has 1 N–H and O–H groups in total. The van der Waals surface area contributed by atoms with Crippen molar-refractivity contribution < 1.29 is 23.4 Å². The molecule has 1 fully saturated rings. The molecule has 0 spiro atoms. The Kier molecular flexibility index (Phi) is 6.14. The third-order valence-electron chi connectivity index (χ3n) is 5.56. The van der Waals surface area contributed by atoms with Gasteiger partial charge in [-0.15, -0.1) is 0 Å².